The second-order valence-electron chi connectivity index (χ2n) is 5.22. The van der Waals surface area contributed by atoms with Crippen LogP contribution in [0.15, 0.2) is 24.3 Å². The van der Waals surface area contributed by atoms with Gasteiger partial charge in [-0.3, -0.25) is 0 Å². The van der Waals surface area contributed by atoms with Gasteiger partial charge >= 0.3 is 0 Å². The van der Waals surface area contributed by atoms with E-state index in [9.17, 15) is 5.11 Å². The van der Waals surface area contributed by atoms with E-state index in [1.165, 1.54) is 18.4 Å². The molecule has 1 saturated carbocycles. The van der Waals surface area contributed by atoms with Crippen molar-refractivity contribution in [2.24, 2.45) is 5.92 Å². The molecule has 0 spiro atoms. The molecule has 1 N–H and O–H groups in total. The summed E-state index contributed by atoms with van der Waals surface area (Å²) in [4.78, 5) is 0. The quantitative estimate of drug-likeness (QED) is 0.801. The molecule has 0 radical (unpaired) electrons. The highest BCUT2D eigenvalue weighted by Crippen LogP contribution is 2.41. The van der Waals surface area contributed by atoms with Crippen molar-refractivity contribution in [2.75, 3.05) is 0 Å². The van der Waals surface area contributed by atoms with Gasteiger partial charge in [-0.1, -0.05) is 44.0 Å². The van der Waals surface area contributed by atoms with Crippen LogP contribution >= 0.6 is 0 Å². The maximum Gasteiger partial charge on any atom is 0.0901 e. The van der Waals surface area contributed by atoms with E-state index < -0.39 is 5.60 Å². The van der Waals surface area contributed by atoms with Crippen LogP contribution in [0.5, 0.6) is 0 Å². The van der Waals surface area contributed by atoms with E-state index in [-0.39, 0.29) is 0 Å². The van der Waals surface area contributed by atoms with E-state index in [2.05, 4.69) is 26.0 Å². The largest absolute Gasteiger partial charge is 0.385 e. The SMILES string of the molecule is CCC1CCCC(O)(c2ccccc2C)C1. The normalized spacial score (nSPS) is 30.3. The van der Waals surface area contributed by atoms with Crippen molar-refractivity contribution in [3.63, 3.8) is 0 Å². The van der Waals surface area contributed by atoms with Crippen molar-refractivity contribution in [3.8, 4) is 0 Å². The standard InChI is InChI=1S/C15H22O/c1-3-13-8-6-10-15(16,11-13)14-9-5-4-7-12(14)2/h4-5,7,9,13,16H,3,6,8,10-11H2,1-2H3. The van der Waals surface area contributed by atoms with E-state index in [1.807, 2.05) is 12.1 Å². The van der Waals surface area contributed by atoms with Gasteiger partial charge in [0.25, 0.3) is 0 Å². The Labute approximate surface area is 98.5 Å². The maximum absolute atomic E-state index is 10.8. The monoisotopic (exact) mass is 218 g/mol. The number of hydrogen-bond acceptors (Lipinski definition) is 1. The van der Waals surface area contributed by atoms with Crippen LogP contribution in [0.3, 0.4) is 0 Å². The number of rotatable bonds is 2. The highest BCUT2D eigenvalue weighted by Gasteiger charge is 2.35. The topological polar surface area (TPSA) is 20.2 Å². The van der Waals surface area contributed by atoms with Gasteiger partial charge in [0.2, 0.25) is 0 Å². The lowest BCUT2D eigenvalue weighted by molar-refractivity contribution is -0.0222. The summed E-state index contributed by atoms with van der Waals surface area (Å²) in [6, 6.07) is 8.27. The third-order valence-electron chi connectivity index (χ3n) is 4.05. The van der Waals surface area contributed by atoms with Gasteiger partial charge in [-0.2, -0.15) is 0 Å². The van der Waals surface area contributed by atoms with Crippen molar-refractivity contribution in [1.29, 1.82) is 0 Å². The first-order valence-electron chi connectivity index (χ1n) is 6.44. The molecule has 1 aromatic rings. The molecule has 2 atom stereocenters. The minimum atomic E-state index is -0.565. The molecule has 0 amide bonds. The van der Waals surface area contributed by atoms with Gasteiger partial charge in [-0.15, -0.1) is 0 Å². The van der Waals surface area contributed by atoms with Crippen LogP contribution in [-0.2, 0) is 5.60 Å². The average Bonchev–Trinajstić information content (AvgIpc) is 2.29. The summed E-state index contributed by atoms with van der Waals surface area (Å²) in [5, 5.41) is 10.8. The maximum atomic E-state index is 10.8. The zero-order valence-electron chi connectivity index (χ0n) is 10.4. The molecule has 0 aromatic heterocycles. The average molecular weight is 218 g/mol. The first-order chi connectivity index (χ1) is 7.65. The molecule has 0 aliphatic heterocycles. The van der Waals surface area contributed by atoms with Crippen LogP contribution in [-0.4, -0.2) is 5.11 Å². The Morgan fingerprint density at radius 3 is 2.81 bits per heavy atom. The summed E-state index contributed by atoms with van der Waals surface area (Å²) in [6.07, 6.45) is 5.49. The van der Waals surface area contributed by atoms with E-state index in [1.54, 1.807) is 0 Å². The summed E-state index contributed by atoms with van der Waals surface area (Å²) < 4.78 is 0. The Balaban J connectivity index is 2.27. The Hall–Kier alpha value is -0.820. The molecule has 16 heavy (non-hydrogen) atoms. The molecule has 2 unspecified atom stereocenters. The zero-order valence-corrected chi connectivity index (χ0v) is 10.4. The summed E-state index contributed by atoms with van der Waals surface area (Å²) >= 11 is 0. The molecular weight excluding hydrogens is 196 g/mol. The third kappa shape index (κ3) is 2.15. The Kier molecular flexibility index (Phi) is 3.34. The van der Waals surface area contributed by atoms with Crippen molar-refractivity contribution in [2.45, 2.75) is 51.6 Å². The van der Waals surface area contributed by atoms with E-state index in [0.29, 0.717) is 5.92 Å². The van der Waals surface area contributed by atoms with Gasteiger partial charge in [0.15, 0.2) is 0 Å². The highest BCUT2D eigenvalue weighted by atomic mass is 16.3. The fourth-order valence-corrected chi connectivity index (χ4v) is 3.05. The zero-order chi connectivity index (χ0) is 11.6. The summed E-state index contributed by atoms with van der Waals surface area (Å²) in [5.41, 5.74) is 1.81. The Bertz CT molecular complexity index is 358. The molecule has 1 fully saturated rings. The van der Waals surface area contributed by atoms with Crippen LogP contribution in [0.1, 0.15) is 50.2 Å². The Morgan fingerprint density at radius 1 is 1.38 bits per heavy atom. The van der Waals surface area contributed by atoms with Gasteiger partial charge in [0.05, 0.1) is 5.60 Å². The van der Waals surface area contributed by atoms with E-state index >= 15 is 0 Å². The molecule has 0 saturated heterocycles. The Morgan fingerprint density at radius 2 is 2.12 bits per heavy atom. The van der Waals surface area contributed by atoms with Crippen molar-refractivity contribution < 1.29 is 5.11 Å². The second kappa shape index (κ2) is 4.58. The van der Waals surface area contributed by atoms with Crippen molar-refractivity contribution in [1.82, 2.24) is 0 Å². The molecule has 2 rings (SSSR count). The molecule has 1 nitrogen and oxygen atoms in total. The minimum Gasteiger partial charge on any atom is -0.385 e. The number of aryl methyl sites for hydroxylation is 1. The fourth-order valence-electron chi connectivity index (χ4n) is 3.05. The smallest absolute Gasteiger partial charge is 0.0901 e. The second-order valence-corrected chi connectivity index (χ2v) is 5.22. The first kappa shape index (κ1) is 11.7. The van der Waals surface area contributed by atoms with Gasteiger partial charge in [-0.05, 0) is 43.2 Å². The summed E-state index contributed by atoms with van der Waals surface area (Å²) in [7, 11) is 0. The van der Waals surface area contributed by atoms with Gasteiger partial charge in [-0.25, -0.2) is 0 Å². The molecule has 0 heterocycles. The van der Waals surface area contributed by atoms with Crippen LogP contribution in [0, 0.1) is 12.8 Å². The highest BCUT2D eigenvalue weighted by molar-refractivity contribution is 5.31. The molecular formula is C15H22O. The number of benzene rings is 1. The molecule has 1 aliphatic carbocycles. The number of aliphatic hydroxyl groups is 1. The van der Waals surface area contributed by atoms with Crippen LogP contribution in [0.4, 0.5) is 0 Å². The first-order valence-corrected chi connectivity index (χ1v) is 6.44. The molecule has 88 valence electrons. The van der Waals surface area contributed by atoms with E-state index in [0.717, 1.165) is 24.8 Å². The molecule has 1 aliphatic rings. The summed E-state index contributed by atoms with van der Waals surface area (Å²) in [6.45, 7) is 4.33. The van der Waals surface area contributed by atoms with Gasteiger partial charge in [0, 0.05) is 0 Å². The lowest BCUT2D eigenvalue weighted by atomic mass is 9.72. The minimum absolute atomic E-state index is 0.565. The van der Waals surface area contributed by atoms with Crippen LogP contribution in [0.25, 0.3) is 0 Å². The predicted molar refractivity (Wildman–Crippen MR) is 67.3 cm³/mol. The lowest BCUT2D eigenvalue weighted by Gasteiger charge is -2.37. The lowest BCUT2D eigenvalue weighted by Crippen LogP contribution is -2.33. The van der Waals surface area contributed by atoms with Crippen molar-refractivity contribution >= 4 is 0 Å². The summed E-state index contributed by atoms with van der Waals surface area (Å²) in [5.74, 6) is 0.693. The number of hydrogen-bond donors (Lipinski definition) is 1. The van der Waals surface area contributed by atoms with Crippen molar-refractivity contribution in [3.05, 3.63) is 35.4 Å². The van der Waals surface area contributed by atoms with Crippen LogP contribution in [0.2, 0.25) is 0 Å². The molecule has 1 heteroatoms. The van der Waals surface area contributed by atoms with Gasteiger partial charge < -0.3 is 5.11 Å². The van der Waals surface area contributed by atoms with Gasteiger partial charge in [0.1, 0.15) is 0 Å². The molecule has 1 aromatic carbocycles. The predicted octanol–water partition coefficient (Wildman–Crippen LogP) is 3.78. The third-order valence-corrected chi connectivity index (χ3v) is 4.05. The van der Waals surface area contributed by atoms with Crippen LogP contribution < -0.4 is 0 Å². The molecule has 0 bridgehead atoms. The fraction of sp³-hybridized carbons (Fsp3) is 0.600. The van der Waals surface area contributed by atoms with E-state index in [4.69, 9.17) is 0 Å².